The summed E-state index contributed by atoms with van der Waals surface area (Å²) in [5.41, 5.74) is 4.33. The molecule has 0 aromatic heterocycles. The maximum Gasteiger partial charge on any atom is 0.132 e. The minimum Gasteiger partial charge on any atom is -0.497 e. The second-order valence-electron chi connectivity index (χ2n) is 10.2. The quantitative estimate of drug-likeness (QED) is 0.232. The van der Waals surface area contributed by atoms with E-state index in [2.05, 4.69) is 11.4 Å². The van der Waals surface area contributed by atoms with E-state index in [1.54, 1.807) is 19.2 Å². The number of benzene rings is 4. The third kappa shape index (κ3) is 6.59. The van der Waals surface area contributed by atoms with Crippen LogP contribution in [0.3, 0.4) is 0 Å². The Labute approximate surface area is 229 Å². The van der Waals surface area contributed by atoms with Crippen LogP contribution in [0.5, 0.6) is 11.5 Å². The summed E-state index contributed by atoms with van der Waals surface area (Å²) in [6.07, 6.45) is -0.789. The Bertz CT molecular complexity index is 1360. The summed E-state index contributed by atoms with van der Waals surface area (Å²) >= 11 is 0. The van der Waals surface area contributed by atoms with Gasteiger partial charge in [-0.15, -0.1) is 0 Å². The standard InChI is InChI=1S/C33H34FNO4/c1-33(2)32(38-22-25-9-13-26(34)14-10-25)31(37-21-24-7-5-4-6-8-24)29-19-27(15-18-30(29)39-33)35-20-23-11-16-28(36-3)17-12-23/h4-19,31-32,35H,20-22H2,1-3H3. The Morgan fingerprint density at radius 3 is 2.18 bits per heavy atom. The third-order valence-corrected chi connectivity index (χ3v) is 6.92. The first kappa shape index (κ1) is 26.7. The highest BCUT2D eigenvalue weighted by atomic mass is 19.1. The number of hydrogen-bond acceptors (Lipinski definition) is 5. The van der Waals surface area contributed by atoms with E-state index < -0.39 is 11.7 Å². The van der Waals surface area contributed by atoms with E-state index in [0.29, 0.717) is 19.8 Å². The molecule has 1 aliphatic rings. The van der Waals surface area contributed by atoms with Crippen LogP contribution >= 0.6 is 0 Å². The number of nitrogens with one attached hydrogen (secondary N) is 1. The highest BCUT2D eigenvalue weighted by Gasteiger charge is 2.45. The molecule has 39 heavy (non-hydrogen) atoms. The van der Waals surface area contributed by atoms with Crippen molar-refractivity contribution in [2.75, 3.05) is 12.4 Å². The minimum absolute atomic E-state index is 0.271. The van der Waals surface area contributed by atoms with Gasteiger partial charge in [-0.3, -0.25) is 0 Å². The molecule has 1 aliphatic heterocycles. The number of rotatable bonds is 10. The molecule has 5 nitrogen and oxygen atoms in total. The average molecular weight is 528 g/mol. The second-order valence-corrected chi connectivity index (χ2v) is 10.2. The van der Waals surface area contributed by atoms with E-state index in [9.17, 15) is 4.39 Å². The van der Waals surface area contributed by atoms with E-state index in [1.807, 2.05) is 80.6 Å². The SMILES string of the molecule is COc1ccc(CNc2ccc3c(c2)C(OCc2ccccc2)C(OCc2ccc(F)cc2)C(C)(C)O3)cc1. The van der Waals surface area contributed by atoms with Crippen LogP contribution in [-0.4, -0.2) is 18.8 Å². The zero-order chi connectivity index (χ0) is 27.2. The minimum atomic E-state index is -0.660. The van der Waals surface area contributed by atoms with Gasteiger partial charge in [0.05, 0.1) is 20.3 Å². The summed E-state index contributed by atoms with van der Waals surface area (Å²) in [7, 11) is 1.66. The van der Waals surface area contributed by atoms with Crippen molar-refractivity contribution in [3.05, 3.63) is 125 Å². The molecule has 0 amide bonds. The highest BCUT2D eigenvalue weighted by molar-refractivity contribution is 5.54. The molecular formula is C33H34FNO4. The average Bonchev–Trinajstić information content (AvgIpc) is 2.95. The summed E-state index contributed by atoms with van der Waals surface area (Å²) in [6, 6.07) is 30.5. The molecule has 0 saturated carbocycles. The van der Waals surface area contributed by atoms with Crippen molar-refractivity contribution in [2.45, 2.75) is 51.4 Å². The van der Waals surface area contributed by atoms with Crippen molar-refractivity contribution in [2.24, 2.45) is 0 Å². The largest absolute Gasteiger partial charge is 0.497 e. The molecule has 5 rings (SSSR count). The number of anilines is 1. The molecule has 1 heterocycles. The summed E-state index contributed by atoms with van der Waals surface area (Å²) in [6.45, 7) is 5.43. The van der Waals surface area contributed by atoms with Gasteiger partial charge in [0.1, 0.15) is 35.1 Å². The van der Waals surface area contributed by atoms with Gasteiger partial charge in [0, 0.05) is 17.8 Å². The number of ether oxygens (including phenoxy) is 4. The van der Waals surface area contributed by atoms with Crippen LogP contribution in [0.1, 0.15) is 42.2 Å². The molecule has 0 fully saturated rings. The first-order chi connectivity index (χ1) is 18.9. The summed E-state index contributed by atoms with van der Waals surface area (Å²) in [5, 5.41) is 3.51. The second kappa shape index (κ2) is 11.9. The van der Waals surface area contributed by atoms with Gasteiger partial charge in [-0.25, -0.2) is 4.39 Å². The summed E-state index contributed by atoms with van der Waals surface area (Å²) < 4.78 is 38.2. The molecule has 4 aromatic carbocycles. The van der Waals surface area contributed by atoms with Crippen molar-refractivity contribution >= 4 is 5.69 Å². The normalized spacial score (nSPS) is 17.6. The Hall–Kier alpha value is -3.87. The van der Waals surface area contributed by atoms with Crippen molar-refractivity contribution in [1.82, 2.24) is 0 Å². The van der Waals surface area contributed by atoms with Crippen LogP contribution in [0.15, 0.2) is 97.1 Å². The molecule has 202 valence electrons. The molecule has 0 bridgehead atoms. The molecule has 0 aliphatic carbocycles. The fraction of sp³-hybridized carbons (Fsp3) is 0.273. The van der Waals surface area contributed by atoms with Gasteiger partial charge in [0.15, 0.2) is 0 Å². The van der Waals surface area contributed by atoms with Gasteiger partial charge in [0.2, 0.25) is 0 Å². The zero-order valence-corrected chi connectivity index (χ0v) is 22.5. The smallest absolute Gasteiger partial charge is 0.132 e. The lowest BCUT2D eigenvalue weighted by Gasteiger charge is -2.44. The van der Waals surface area contributed by atoms with Gasteiger partial charge in [-0.2, -0.15) is 0 Å². The Morgan fingerprint density at radius 2 is 1.46 bits per heavy atom. The fourth-order valence-electron chi connectivity index (χ4n) is 4.78. The highest BCUT2D eigenvalue weighted by Crippen LogP contribution is 2.45. The monoisotopic (exact) mass is 527 g/mol. The Morgan fingerprint density at radius 1 is 0.795 bits per heavy atom. The van der Waals surface area contributed by atoms with Crippen molar-refractivity contribution < 1.29 is 23.3 Å². The van der Waals surface area contributed by atoms with Gasteiger partial charge in [0.25, 0.3) is 0 Å². The molecule has 1 N–H and O–H groups in total. The lowest BCUT2D eigenvalue weighted by atomic mass is 9.87. The molecule has 0 saturated heterocycles. The predicted molar refractivity (Wildman–Crippen MR) is 150 cm³/mol. The molecule has 4 aromatic rings. The van der Waals surface area contributed by atoms with Gasteiger partial charge in [-0.1, -0.05) is 54.6 Å². The van der Waals surface area contributed by atoms with E-state index in [4.69, 9.17) is 18.9 Å². The topological polar surface area (TPSA) is 49.0 Å². The van der Waals surface area contributed by atoms with E-state index in [0.717, 1.165) is 39.4 Å². The number of halogens is 1. The number of fused-ring (bicyclic) bond motifs is 1. The molecule has 2 atom stereocenters. The van der Waals surface area contributed by atoms with Crippen molar-refractivity contribution in [1.29, 1.82) is 0 Å². The van der Waals surface area contributed by atoms with E-state index in [1.165, 1.54) is 12.1 Å². The maximum atomic E-state index is 13.4. The zero-order valence-electron chi connectivity index (χ0n) is 22.5. The van der Waals surface area contributed by atoms with Gasteiger partial charge >= 0.3 is 0 Å². The molecular weight excluding hydrogens is 493 g/mol. The first-order valence-electron chi connectivity index (χ1n) is 13.1. The summed E-state index contributed by atoms with van der Waals surface area (Å²) in [4.78, 5) is 0. The first-order valence-corrected chi connectivity index (χ1v) is 13.1. The number of hydrogen-bond donors (Lipinski definition) is 1. The maximum absolute atomic E-state index is 13.4. The van der Waals surface area contributed by atoms with Crippen LogP contribution in [0.4, 0.5) is 10.1 Å². The van der Waals surface area contributed by atoms with Crippen LogP contribution < -0.4 is 14.8 Å². The van der Waals surface area contributed by atoms with Crippen LogP contribution in [0.25, 0.3) is 0 Å². The van der Waals surface area contributed by atoms with Crippen LogP contribution in [-0.2, 0) is 29.2 Å². The van der Waals surface area contributed by atoms with Crippen LogP contribution in [0, 0.1) is 5.82 Å². The number of methoxy groups -OCH3 is 1. The Kier molecular flexibility index (Phi) is 8.15. The summed E-state index contributed by atoms with van der Waals surface area (Å²) in [5.74, 6) is 1.33. The molecule has 2 unspecified atom stereocenters. The van der Waals surface area contributed by atoms with Crippen LogP contribution in [0.2, 0.25) is 0 Å². The van der Waals surface area contributed by atoms with Crippen molar-refractivity contribution in [3.63, 3.8) is 0 Å². The lowest BCUT2D eigenvalue weighted by molar-refractivity contribution is -0.170. The molecule has 0 radical (unpaired) electrons. The fourth-order valence-corrected chi connectivity index (χ4v) is 4.78. The lowest BCUT2D eigenvalue weighted by Crippen LogP contribution is -2.50. The molecule has 6 heteroatoms. The molecule has 0 spiro atoms. The van der Waals surface area contributed by atoms with E-state index in [-0.39, 0.29) is 11.9 Å². The van der Waals surface area contributed by atoms with Gasteiger partial charge < -0.3 is 24.3 Å². The Balaban J connectivity index is 1.40. The van der Waals surface area contributed by atoms with Gasteiger partial charge in [-0.05, 0) is 73.0 Å². The predicted octanol–water partition coefficient (Wildman–Crippen LogP) is 7.46. The van der Waals surface area contributed by atoms with E-state index >= 15 is 0 Å². The van der Waals surface area contributed by atoms with Crippen molar-refractivity contribution in [3.8, 4) is 11.5 Å². The third-order valence-electron chi connectivity index (χ3n) is 6.92.